The Morgan fingerprint density at radius 3 is 1.26 bits per heavy atom. The van der Waals surface area contributed by atoms with Crippen LogP contribution in [0, 0.1) is 0 Å². The minimum Gasteiger partial charge on any atom is -0.456 e. The number of benzene rings is 8. The summed E-state index contributed by atoms with van der Waals surface area (Å²) in [5, 5.41) is 9.16. The van der Waals surface area contributed by atoms with Crippen LogP contribution in [0.3, 0.4) is 0 Å². The maximum atomic E-state index is 6.54. The van der Waals surface area contributed by atoms with Crippen molar-refractivity contribution in [1.82, 2.24) is 4.98 Å². The third-order valence-electron chi connectivity index (χ3n) is 10.5. The van der Waals surface area contributed by atoms with Gasteiger partial charge in [-0.15, -0.1) is 0 Å². The van der Waals surface area contributed by atoms with Crippen molar-refractivity contribution in [2.75, 3.05) is 4.90 Å². The normalized spacial score (nSPS) is 11.8. The summed E-state index contributed by atoms with van der Waals surface area (Å²) in [6, 6.07) is 60.1. The smallest absolute Gasteiger partial charge is 0.137 e. The molecule has 0 aliphatic heterocycles. The molecule has 53 heavy (non-hydrogen) atoms. The second-order valence-corrected chi connectivity index (χ2v) is 13.7. The number of hydrogen-bond donors (Lipinski definition) is 0. The second kappa shape index (κ2) is 11.7. The molecule has 11 aromatic rings. The van der Waals surface area contributed by atoms with E-state index in [-0.39, 0.29) is 0 Å². The maximum absolute atomic E-state index is 6.54. The Hall–Kier alpha value is -7.17. The molecule has 8 aromatic carbocycles. The molecule has 0 bridgehead atoms. The monoisotopic (exact) mass is 678 g/mol. The number of fused-ring (bicyclic) bond motifs is 8. The lowest BCUT2D eigenvalue weighted by atomic mass is 10.0. The van der Waals surface area contributed by atoms with Gasteiger partial charge in [-0.05, 0) is 111 Å². The molecular formula is C49H30N2O2. The molecule has 0 radical (unpaired) electrons. The molecule has 0 unspecified atom stereocenters. The molecule has 3 heterocycles. The molecule has 0 aliphatic rings. The molecule has 0 amide bonds. The zero-order chi connectivity index (χ0) is 34.9. The zero-order valence-corrected chi connectivity index (χ0v) is 28.5. The summed E-state index contributed by atoms with van der Waals surface area (Å²) in [4.78, 5) is 6.56. The van der Waals surface area contributed by atoms with Gasteiger partial charge in [0.2, 0.25) is 0 Å². The summed E-state index contributed by atoms with van der Waals surface area (Å²) < 4.78 is 13.1. The highest BCUT2D eigenvalue weighted by Gasteiger charge is 2.18. The fourth-order valence-corrected chi connectivity index (χ4v) is 7.82. The molecule has 0 saturated carbocycles. The minimum absolute atomic E-state index is 0.847. The Kier molecular flexibility index (Phi) is 6.52. The maximum Gasteiger partial charge on any atom is 0.137 e. The molecule has 0 N–H and O–H groups in total. The van der Waals surface area contributed by atoms with Crippen molar-refractivity contribution in [3.05, 3.63) is 182 Å². The predicted octanol–water partition coefficient (Wildman–Crippen LogP) is 14.0. The molecule has 248 valence electrons. The lowest BCUT2D eigenvalue weighted by Crippen LogP contribution is -2.09. The number of aromatic nitrogens is 1. The van der Waals surface area contributed by atoms with Crippen LogP contribution in [0.2, 0.25) is 0 Å². The van der Waals surface area contributed by atoms with Crippen LogP contribution in [-0.4, -0.2) is 4.98 Å². The molecule has 11 rings (SSSR count). The number of nitrogens with zero attached hydrogens (tertiary/aromatic N) is 2. The van der Waals surface area contributed by atoms with Crippen molar-refractivity contribution < 1.29 is 8.83 Å². The van der Waals surface area contributed by atoms with E-state index in [1.54, 1.807) is 6.20 Å². The Labute approximate surface area is 304 Å². The number of anilines is 3. The summed E-state index contributed by atoms with van der Waals surface area (Å²) in [6.45, 7) is 0. The van der Waals surface area contributed by atoms with Crippen molar-refractivity contribution in [3.8, 4) is 22.3 Å². The first-order valence-corrected chi connectivity index (χ1v) is 17.8. The van der Waals surface area contributed by atoms with Gasteiger partial charge < -0.3 is 13.7 Å². The van der Waals surface area contributed by atoms with Crippen LogP contribution in [0.15, 0.2) is 191 Å². The fraction of sp³-hybridized carbons (Fsp3) is 0. The van der Waals surface area contributed by atoms with Crippen molar-refractivity contribution >= 4 is 82.5 Å². The van der Waals surface area contributed by atoms with Crippen LogP contribution in [-0.2, 0) is 0 Å². The highest BCUT2D eigenvalue weighted by molar-refractivity contribution is 6.12. The fourth-order valence-electron chi connectivity index (χ4n) is 7.82. The molecule has 0 spiro atoms. The summed E-state index contributed by atoms with van der Waals surface area (Å²) in [7, 11) is 0. The van der Waals surface area contributed by atoms with Crippen LogP contribution in [0.4, 0.5) is 17.1 Å². The van der Waals surface area contributed by atoms with E-state index in [0.29, 0.717) is 0 Å². The van der Waals surface area contributed by atoms with Gasteiger partial charge in [-0.25, -0.2) is 0 Å². The van der Waals surface area contributed by atoms with Gasteiger partial charge in [-0.3, -0.25) is 4.98 Å². The number of rotatable bonds is 5. The molecule has 0 aliphatic carbocycles. The topological polar surface area (TPSA) is 42.4 Å². The van der Waals surface area contributed by atoms with E-state index in [2.05, 4.69) is 174 Å². The Morgan fingerprint density at radius 1 is 0.340 bits per heavy atom. The number of hydrogen-bond acceptors (Lipinski definition) is 4. The van der Waals surface area contributed by atoms with E-state index < -0.39 is 0 Å². The van der Waals surface area contributed by atoms with E-state index in [0.717, 1.165) is 83.2 Å². The lowest BCUT2D eigenvalue weighted by Gasteiger charge is -2.25. The third-order valence-corrected chi connectivity index (χ3v) is 10.5. The van der Waals surface area contributed by atoms with E-state index in [1.807, 2.05) is 12.3 Å². The third kappa shape index (κ3) is 4.95. The van der Waals surface area contributed by atoms with Gasteiger partial charge in [0, 0.05) is 63.1 Å². The number of pyridine rings is 1. The van der Waals surface area contributed by atoms with E-state index in [9.17, 15) is 0 Å². The van der Waals surface area contributed by atoms with Crippen LogP contribution in [0.25, 0.3) is 87.7 Å². The first-order valence-electron chi connectivity index (χ1n) is 17.8. The van der Waals surface area contributed by atoms with Gasteiger partial charge in [-0.2, -0.15) is 0 Å². The zero-order valence-electron chi connectivity index (χ0n) is 28.5. The van der Waals surface area contributed by atoms with Gasteiger partial charge in [0.25, 0.3) is 0 Å². The van der Waals surface area contributed by atoms with Gasteiger partial charge in [0.1, 0.15) is 22.3 Å². The highest BCUT2D eigenvalue weighted by atomic mass is 16.3. The SMILES string of the molecule is c1cncc(-c2ccc(-c3ccc(N(c4ccc5c(c4)oc4cc6ccccc6cc45)c4ccc5c(c4)oc4cc6ccccc6cc45)cc3)cc2)c1. The molecule has 4 nitrogen and oxygen atoms in total. The molecule has 3 aromatic heterocycles. The lowest BCUT2D eigenvalue weighted by molar-refractivity contribution is 0.669. The molecule has 0 fully saturated rings. The summed E-state index contributed by atoms with van der Waals surface area (Å²) in [6.07, 6.45) is 3.70. The molecular weight excluding hydrogens is 649 g/mol. The van der Waals surface area contributed by atoms with Crippen molar-refractivity contribution in [2.45, 2.75) is 0 Å². The van der Waals surface area contributed by atoms with Gasteiger partial charge in [-0.1, -0.05) is 91.0 Å². The van der Waals surface area contributed by atoms with Crippen LogP contribution in [0.1, 0.15) is 0 Å². The van der Waals surface area contributed by atoms with E-state index >= 15 is 0 Å². The van der Waals surface area contributed by atoms with E-state index in [4.69, 9.17) is 8.83 Å². The summed E-state index contributed by atoms with van der Waals surface area (Å²) in [5.41, 5.74) is 11.0. The van der Waals surface area contributed by atoms with E-state index in [1.165, 1.54) is 21.5 Å². The standard InChI is InChI=1S/C49H30N2O2/c1-3-8-36-26-46-44(24-34(36)6-1)42-21-19-40(28-48(42)52-46)51(39-17-15-32(16-18-39)31-11-13-33(14-12-31)38-10-5-23-50-30-38)41-20-22-43-45-25-35-7-2-4-9-37(35)27-47(45)53-49(43)29-41/h1-30H. The van der Waals surface area contributed by atoms with Gasteiger partial charge in [0.05, 0.1) is 0 Å². The minimum atomic E-state index is 0.847. The summed E-state index contributed by atoms with van der Waals surface area (Å²) >= 11 is 0. The van der Waals surface area contributed by atoms with Gasteiger partial charge >= 0.3 is 0 Å². The first kappa shape index (κ1) is 29.5. The molecule has 0 saturated heterocycles. The largest absolute Gasteiger partial charge is 0.456 e. The quantitative estimate of drug-likeness (QED) is 0.182. The average Bonchev–Trinajstić information content (AvgIpc) is 3.76. The highest BCUT2D eigenvalue weighted by Crippen LogP contribution is 2.42. The average molecular weight is 679 g/mol. The Morgan fingerprint density at radius 2 is 0.774 bits per heavy atom. The van der Waals surface area contributed by atoms with Crippen molar-refractivity contribution in [2.24, 2.45) is 0 Å². The molecule has 4 heteroatoms. The molecule has 0 atom stereocenters. The number of furan rings is 2. The second-order valence-electron chi connectivity index (χ2n) is 13.7. The predicted molar refractivity (Wildman–Crippen MR) is 219 cm³/mol. The van der Waals surface area contributed by atoms with Crippen LogP contribution >= 0.6 is 0 Å². The Balaban J connectivity index is 1.04. The summed E-state index contributed by atoms with van der Waals surface area (Å²) in [5.74, 6) is 0. The van der Waals surface area contributed by atoms with Crippen LogP contribution < -0.4 is 4.90 Å². The van der Waals surface area contributed by atoms with Gasteiger partial charge in [0.15, 0.2) is 0 Å². The van der Waals surface area contributed by atoms with Crippen LogP contribution in [0.5, 0.6) is 0 Å². The van der Waals surface area contributed by atoms with Crippen molar-refractivity contribution in [1.29, 1.82) is 0 Å². The Bertz CT molecular complexity index is 3000. The first-order chi connectivity index (χ1) is 26.2. The van der Waals surface area contributed by atoms with Crippen molar-refractivity contribution in [3.63, 3.8) is 0 Å².